The molecule has 0 saturated heterocycles. The van der Waals surface area contributed by atoms with Crippen molar-refractivity contribution in [2.45, 2.75) is 25.3 Å². The quantitative estimate of drug-likeness (QED) is 0.554. The monoisotopic (exact) mass is 489 g/mol. The molecule has 28 heavy (non-hydrogen) atoms. The third-order valence-corrected chi connectivity index (χ3v) is 7.46. The molecule has 0 aliphatic rings. The number of halogens is 1. The zero-order valence-electron chi connectivity index (χ0n) is 15.8. The van der Waals surface area contributed by atoms with Crippen LogP contribution in [-0.2, 0) is 26.2 Å². The molecule has 0 aliphatic heterocycles. The molecule has 11 heteroatoms. The standard InChI is InChI=1S/C17H20BrN3O5S2/c1-5-21(11(2)22)17-19-13(10-27-17)9-26-16(23)12-6-7-14(18)15(8-12)28(24,25)20(3)4/h6-8,10H,5,9H2,1-4H3. The Morgan fingerprint density at radius 1 is 1.29 bits per heavy atom. The first-order valence-corrected chi connectivity index (χ1v) is 11.3. The Hall–Kier alpha value is -1.82. The van der Waals surface area contributed by atoms with E-state index in [9.17, 15) is 18.0 Å². The highest BCUT2D eigenvalue weighted by Crippen LogP contribution is 2.26. The number of sulfonamides is 1. The predicted molar refractivity (Wildman–Crippen MR) is 110 cm³/mol. The molecule has 1 amide bonds. The zero-order chi connectivity index (χ0) is 21.1. The summed E-state index contributed by atoms with van der Waals surface area (Å²) in [5, 5.41) is 2.24. The van der Waals surface area contributed by atoms with Gasteiger partial charge in [-0.1, -0.05) is 0 Å². The van der Waals surface area contributed by atoms with Crippen LogP contribution in [0.4, 0.5) is 5.13 Å². The van der Waals surface area contributed by atoms with E-state index in [1.54, 1.807) is 5.38 Å². The van der Waals surface area contributed by atoms with Crippen LogP contribution in [-0.4, -0.2) is 50.2 Å². The Morgan fingerprint density at radius 3 is 2.54 bits per heavy atom. The van der Waals surface area contributed by atoms with E-state index in [-0.39, 0.29) is 23.0 Å². The van der Waals surface area contributed by atoms with Gasteiger partial charge in [-0.2, -0.15) is 0 Å². The van der Waals surface area contributed by atoms with Crippen molar-refractivity contribution in [3.63, 3.8) is 0 Å². The fraction of sp³-hybridized carbons (Fsp3) is 0.353. The molecule has 1 heterocycles. The van der Waals surface area contributed by atoms with Crippen molar-refractivity contribution in [2.75, 3.05) is 25.5 Å². The van der Waals surface area contributed by atoms with Crippen molar-refractivity contribution in [2.24, 2.45) is 0 Å². The van der Waals surface area contributed by atoms with E-state index in [1.807, 2.05) is 6.92 Å². The number of ether oxygens (including phenoxy) is 1. The number of carbonyl (C=O) groups is 2. The second-order valence-electron chi connectivity index (χ2n) is 5.89. The largest absolute Gasteiger partial charge is 0.456 e. The van der Waals surface area contributed by atoms with Crippen LogP contribution < -0.4 is 4.90 Å². The lowest BCUT2D eigenvalue weighted by molar-refractivity contribution is -0.116. The molecule has 2 rings (SSSR count). The average molecular weight is 490 g/mol. The van der Waals surface area contributed by atoms with E-state index in [2.05, 4.69) is 20.9 Å². The van der Waals surface area contributed by atoms with Gasteiger partial charge in [0.15, 0.2) is 5.13 Å². The number of amides is 1. The van der Waals surface area contributed by atoms with Crippen LogP contribution in [0, 0.1) is 0 Å². The Bertz CT molecular complexity index is 988. The lowest BCUT2D eigenvalue weighted by Crippen LogP contribution is -2.27. The van der Waals surface area contributed by atoms with Crippen molar-refractivity contribution in [1.29, 1.82) is 0 Å². The van der Waals surface area contributed by atoms with Gasteiger partial charge in [-0.3, -0.25) is 9.69 Å². The molecule has 2 aromatic rings. The van der Waals surface area contributed by atoms with E-state index in [4.69, 9.17) is 4.74 Å². The van der Waals surface area contributed by atoms with Crippen molar-refractivity contribution >= 4 is 54.3 Å². The molecule has 0 saturated carbocycles. The third-order valence-electron chi connectivity index (χ3n) is 3.74. The van der Waals surface area contributed by atoms with Gasteiger partial charge < -0.3 is 4.74 Å². The molecule has 0 N–H and O–H groups in total. The highest BCUT2D eigenvalue weighted by atomic mass is 79.9. The molecule has 0 aliphatic carbocycles. The number of hydrogen-bond donors (Lipinski definition) is 0. The van der Waals surface area contributed by atoms with E-state index in [0.717, 1.165) is 4.31 Å². The highest BCUT2D eigenvalue weighted by molar-refractivity contribution is 9.10. The van der Waals surface area contributed by atoms with Crippen LogP contribution in [0.2, 0.25) is 0 Å². The molecule has 0 radical (unpaired) electrons. The number of hydrogen-bond acceptors (Lipinski definition) is 7. The number of thiazole rings is 1. The van der Waals surface area contributed by atoms with Crippen LogP contribution in [0.25, 0.3) is 0 Å². The maximum absolute atomic E-state index is 12.4. The summed E-state index contributed by atoms with van der Waals surface area (Å²) in [6.07, 6.45) is 0. The summed E-state index contributed by atoms with van der Waals surface area (Å²) in [6.45, 7) is 3.70. The van der Waals surface area contributed by atoms with Gasteiger partial charge in [0.2, 0.25) is 15.9 Å². The minimum atomic E-state index is -3.72. The van der Waals surface area contributed by atoms with E-state index >= 15 is 0 Å². The Labute approximate surface area is 176 Å². The third kappa shape index (κ3) is 4.96. The SMILES string of the molecule is CCN(C(C)=O)c1nc(COC(=O)c2ccc(Br)c(S(=O)(=O)N(C)C)c2)cs1. The van der Waals surface area contributed by atoms with Gasteiger partial charge in [0.05, 0.1) is 16.2 Å². The molecule has 1 aromatic heterocycles. The van der Waals surface area contributed by atoms with Gasteiger partial charge in [0.1, 0.15) is 6.61 Å². The van der Waals surface area contributed by atoms with Gasteiger partial charge in [-0.05, 0) is 41.1 Å². The number of benzene rings is 1. The molecule has 152 valence electrons. The Morgan fingerprint density at radius 2 is 1.96 bits per heavy atom. The minimum absolute atomic E-state index is 0.0251. The number of rotatable bonds is 7. The molecule has 0 bridgehead atoms. The van der Waals surface area contributed by atoms with Gasteiger partial charge in [-0.15, -0.1) is 11.3 Å². The van der Waals surface area contributed by atoms with Crippen LogP contribution in [0.1, 0.15) is 29.9 Å². The first kappa shape index (κ1) is 22.5. The first-order chi connectivity index (χ1) is 13.1. The summed E-state index contributed by atoms with van der Waals surface area (Å²) in [4.78, 5) is 29.7. The minimum Gasteiger partial charge on any atom is -0.456 e. The fourth-order valence-electron chi connectivity index (χ4n) is 2.23. The highest BCUT2D eigenvalue weighted by Gasteiger charge is 2.23. The second-order valence-corrected chi connectivity index (χ2v) is 9.70. The summed E-state index contributed by atoms with van der Waals surface area (Å²) in [5.41, 5.74) is 0.615. The van der Waals surface area contributed by atoms with Crippen molar-refractivity contribution in [3.8, 4) is 0 Å². The van der Waals surface area contributed by atoms with E-state index < -0.39 is 16.0 Å². The maximum atomic E-state index is 12.4. The van der Waals surface area contributed by atoms with Crippen LogP contribution in [0.5, 0.6) is 0 Å². The summed E-state index contributed by atoms with van der Waals surface area (Å²) in [7, 11) is -0.898. The first-order valence-electron chi connectivity index (χ1n) is 8.19. The second kappa shape index (κ2) is 9.12. The topological polar surface area (TPSA) is 96.9 Å². The molecule has 1 aromatic carbocycles. The molecule has 0 unspecified atom stereocenters. The predicted octanol–water partition coefficient (Wildman–Crippen LogP) is 2.89. The molecule has 8 nitrogen and oxygen atoms in total. The maximum Gasteiger partial charge on any atom is 0.338 e. The van der Waals surface area contributed by atoms with Crippen molar-refractivity contribution in [1.82, 2.24) is 9.29 Å². The summed E-state index contributed by atoms with van der Waals surface area (Å²) in [6, 6.07) is 4.23. The summed E-state index contributed by atoms with van der Waals surface area (Å²) < 4.78 is 31.4. The number of nitrogens with zero attached hydrogens (tertiary/aromatic N) is 3. The summed E-state index contributed by atoms with van der Waals surface area (Å²) >= 11 is 4.48. The number of esters is 1. The van der Waals surface area contributed by atoms with Gasteiger partial charge in [-0.25, -0.2) is 22.5 Å². The average Bonchev–Trinajstić information content (AvgIpc) is 3.08. The molecular weight excluding hydrogens is 470 g/mol. The Balaban J connectivity index is 2.15. The smallest absolute Gasteiger partial charge is 0.338 e. The summed E-state index contributed by atoms with van der Waals surface area (Å²) in [5.74, 6) is -0.791. The molecule has 0 atom stereocenters. The lowest BCUT2D eigenvalue weighted by Gasteiger charge is -2.14. The lowest BCUT2D eigenvalue weighted by atomic mass is 10.2. The zero-order valence-corrected chi connectivity index (χ0v) is 19.0. The van der Waals surface area contributed by atoms with Gasteiger partial charge >= 0.3 is 5.97 Å². The van der Waals surface area contributed by atoms with Crippen molar-refractivity contribution < 1.29 is 22.7 Å². The molecule has 0 fully saturated rings. The normalized spacial score (nSPS) is 11.5. The van der Waals surface area contributed by atoms with E-state index in [1.165, 1.54) is 55.5 Å². The van der Waals surface area contributed by atoms with Crippen LogP contribution >= 0.6 is 27.3 Å². The fourth-order valence-corrected chi connectivity index (χ4v) is 4.99. The van der Waals surface area contributed by atoms with Crippen molar-refractivity contribution in [3.05, 3.63) is 39.3 Å². The van der Waals surface area contributed by atoms with Gasteiger partial charge in [0, 0.05) is 37.4 Å². The molecular formula is C17H20BrN3O5S2. The number of aromatic nitrogens is 1. The Kier molecular flexibility index (Phi) is 7.32. The van der Waals surface area contributed by atoms with E-state index in [0.29, 0.717) is 21.8 Å². The van der Waals surface area contributed by atoms with Gasteiger partial charge in [0.25, 0.3) is 0 Å². The molecule has 0 spiro atoms. The van der Waals surface area contributed by atoms with Crippen LogP contribution in [0.15, 0.2) is 32.9 Å². The number of anilines is 1. The number of carbonyl (C=O) groups excluding carboxylic acids is 2. The van der Waals surface area contributed by atoms with Crippen LogP contribution in [0.3, 0.4) is 0 Å².